The van der Waals surface area contributed by atoms with Crippen molar-refractivity contribution >= 4 is 0 Å². The Morgan fingerprint density at radius 1 is 1.17 bits per heavy atom. The number of nitrogens with one attached hydrogen (secondary N) is 1. The van der Waals surface area contributed by atoms with Crippen LogP contribution in [0.15, 0.2) is 0 Å². The average molecular weight is 254 g/mol. The zero-order valence-corrected chi connectivity index (χ0v) is 12.1. The van der Waals surface area contributed by atoms with Gasteiger partial charge in [0.15, 0.2) is 0 Å². The summed E-state index contributed by atoms with van der Waals surface area (Å²) in [6.07, 6.45) is 5.36. The normalized spacial score (nSPS) is 35.8. The van der Waals surface area contributed by atoms with Crippen LogP contribution in [0.3, 0.4) is 0 Å². The monoisotopic (exact) mass is 254 g/mol. The Hall–Kier alpha value is -0.160. The summed E-state index contributed by atoms with van der Waals surface area (Å²) < 4.78 is 0. The van der Waals surface area contributed by atoms with Crippen LogP contribution in [0.5, 0.6) is 0 Å². The minimum atomic E-state index is 0.657. The number of piperazine rings is 1. The lowest BCUT2D eigenvalue weighted by molar-refractivity contribution is 0.107. The lowest BCUT2D eigenvalue weighted by atomic mass is 9.84. The van der Waals surface area contributed by atoms with E-state index in [0.29, 0.717) is 18.0 Å². The topological polar surface area (TPSA) is 44.5 Å². The van der Waals surface area contributed by atoms with Gasteiger partial charge in [0.1, 0.15) is 0 Å². The Morgan fingerprint density at radius 3 is 2.72 bits per heavy atom. The SMILES string of the molecule is CN1CCN(C)C(CNC2CCCCC2CN)C1. The molecule has 4 heteroatoms. The molecule has 0 amide bonds. The van der Waals surface area contributed by atoms with Crippen LogP contribution in [0, 0.1) is 5.92 Å². The van der Waals surface area contributed by atoms with Crippen molar-refractivity contribution in [3.63, 3.8) is 0 Å². The maximum atomic E-state index is 5.89. The van der Waals surface area contributed by atoms with Crippen LogP contribution >= 0.6 is 0 Å². The van der Waals surface area contributed by atoms with E-state index in [2.05, 4.69) is 29.2 Å². The van der Waals surface area contributed by atoms with Gasteiger partial charge >= 0.3 is 0 Å². The Balaban J connectivity index is 1.78. The van der Waals surface area contributed by atoms with E-state index in [4.69, 9.17) is 5.73 Å². The first-order valence-corrected chi connectivity index (χ1v) is 7.53. The van der Waals surface area contributed by atoms with Gasteiger partial charge in [0.05, 0.1) is 0 Å². The number of nitrogens with two attached hydrogens (primary N) is 1. The Kier molecular flexibility index (Phi) is 5.42. The van der Waals surface area contributed by atoms with Gasteiger partial charge in [0, 0.05) is 38.3 Å². The molecule has 1 saturated carbocycles. The van der Waals surface area contributed by atoms with Crippen LogP contribution in [0.1, 0.15) is 25.7 Å². The third-order valence-corrected chi connectivity index (χ3v) is 4.81. The second kappa shape index (κ2) is 6.85. The van der Waals surface area contributed by atoms with E-state index in [1.165, 1.54) is 45.3 Å². The van der Waals surface area contributed by atoms with Crippen molar-refractivity contribution in [2.75, 3.05) is 46.8 Å². The number of nitrogens with zero attached hydrogens (tertiary/aromatic N) is 2. The molecule has 0 bridgehead atoms. The summed E-state index contributed by atoms with van der Waals surface area (Å²) in [4.78, 5) is 4.93. The molecule has 106 valence electrons. The van der Waals surface area contributed by atoms with Crippen molar-refractivity contribution in [1.29, 1.82) is 0 Å². The average Bonchev–Trinajstić information content (AvgIpc) is 2.40. The van der Waals surface area contributed by atoms with Crippen LogP contribution in [0.4, 0.5) is 0 Å². The summed E-state index contributed by atoms with van der Waals surface area (Å²) in [6, 6.07) is 1.31. The smallest absolute Gasteiger partial charge is 0.0345 e. The number of rotatable bonds is 4. The van der Waals surface area contributed by atoms with Crippen LogP contribution in [0.2, 0.25) is 0 Å². The fourth-order valence-corrected chi connectivity index (χ4v) is 3.37. The maximum Gasteiger partial charge on any atom is 0.0345 e. The summed E-state index contributed by atoms with van der Waals surface area (Å²) >= 11 is 0. The molecule has 4 nitrogen and oxygen atoms in total. The van der Waals surface area contributed by atoms with Crippen LogP contribution < -0.4 is 11.1 Å². The van der Waals surface area contributed by atoms with Gasteiger partial charge in [-0.25, -0.2) is 0 Å². The van der Waals surface area contributed by atoms with Gasteiger partial charge in [-0.3, -0.25) is 4.90 Å². The van der Waals surface area contributed by atoms with Gasteiger partial charge in [0.2, 0.25) is 0 Å². The highest BCUT2D eigenvalue weighted by Crippen LogP contribution is 2.23. The summed E-state index contributed by atoms with van der Waals surface area (Å²) in [5.74, 6) is 0.699. The summed E-state index contributed by atoms with van der Waals surface area (Å²) in [6.45, 7) is 5.53. The highest BCUT2D eigenvalue weighted by molar-refractivity contribution is 4.86. The first-order valence-electron chi connectivity index (χ1n) is 7.53. The largest absolute Gasteiger partial charge is 0.330 e. The number of hydrogen-bond acceptors (Lipinski definition) is 4. The van der Waals surface area contributed by atoms with E-state index in [0.717, 1.165) is 13.1 Å². The van der Waals surface area contributed by atoms with Gasteiger partial charge in [0.25, 0.3) is 0 Å². The van der Waals surface area contributed by atoms with Crippen LogP contribution in [-0.2, 0) is 0 Å². The van der Waals surface area contributed by atoms with Gasteiger partial charge in [-0.1, -0.05) is 12.8 Å². The molecule has 2 fully saturated rings. The predicted molar refractivity (Wildman–Crippen MR) is 76.7 cm³/mol. The van der Waals surface area contributed by atoms with Crippen molar-refractivity contribution in [2.45, 2.75) is 37.8 Å². The summed E-state index contributed by atoms with van der Waals surface area (Å²) in [7, 11) is 4.48. The molecule has 2 rings (SSSR count). The third-order valence-electron chi connectivity index (χ3n) is 4.81. The summed E-state index contributed by atoms with van der Waals surface area (Å²) in [5.41, 5.74) is 5.89. The minimum absolute atomic E-state index is 0.657. The third kappa shape index (κ3) is 3.67. The van der Waals surface area contributed by atoms with E-state index in [1.807, 2.05) is 0 Å². The zero-order valence-electron chi connectivity index (χ0n) is 12.1. The van der Waals surface area contributed by atoms with Crippen LogP contribution in [0.25, 0.3) is 0 Å². The van der Waals surface area contributed by atoms with E-state index in [9.17, 15) is 0 Å². The fourth-order valence-electron chi connectivity index (χ4n) is 3.37. The van der Waals surface area contributed by atoms with E-state index in [-0.39, 0.29) is 0 Å². The number of likely N-dealkylation sites (N-methyl/N-ethyl adjacent to an activating group) is 2. The molecule has 3 unspecified atom stereocenters. The van der Waals surface area contributed by atoms with Gasteiger partial charge < -0.3 is 16.0 Å². The van der Waals surface area contributed by atoms with Crippen molar-refractivity contribution < 1.29 is 0 Å². The first-order chi connectivity index (χ1) is 8.70. The molecule has 3 N–H and O–H groups in total. The molecule has 0 spiro atoms. The van der Waals surface area contributed by atoms with Crippen molar-refractivity contribution in [3.05, 3.63) is 0 Å². The van der Waals surface area contributed by atoms with E-state index >= 15 is 0 Å². The standard InChI is InChI=1S/C14H30N4/c1-17-7-8-18(2)13(11-17)10-16-14-6-4-3-5-12(14)9-15/h12-14,16H,3-11,15H2,1-2H3. The van der Waals surface area contributed by atoms with Crippen molar-refractivity contribution in [1.82, 2.24) is 15.1 Å². The zero-order chi connectivity index (χ0) is 13.0. The molecule has 1 heterocycles. The van der Waals surface area contributed by atoms with E-state index < -0.39 is 0 Å². The molecule has 2 aliphatic rings. The van der Waals surface area contributed by atoms with E-state index in [1.54, 1.807) is 0 Å². The molecule has 1 saturated heterocycles. The first kappa shape index (κ1) is 14.3. The van der Waals surface area contributed by atoms with Crippen molar-refractivity contribution in [2.24, 2.45) is 11.7 Å². The van der Waals surface area contributed by atoms with Crippen LogP contribution in [-0.4, -0.2) is 68.7 Å². The minimum Gasteiger partial charge on any atom is -0.330 e. The molecule has 0 aromatic carbocycles. The summed E-state index contributed by atoms with van der Waals surface area (Å²) in [5, 5.41) is 3.79. The second-order valence-electron chi connectivity index (χ2n) is 6.19. The molecule has 3 atom stereocenters. The molecule has 0 aromatic rings. The van der Waals surface area contributed by atoms with Gasteiger partial charge in [-0.2, -0.15) is 0 Å². The molecule has 0 radical (unpaired) electrons. The molecular formula is C14H30N4. The Bertz CT molecular complexity index is 244. The molecular weight excluding hydrogens is 224 g/mol. The lowest BCUT2D eigenvalue weighted by Crippen LogP contribution is -2.56. The second-order valence-corrected chi connectivity index (χ2v) is 6.19. The van der Waals surface area contributed by atoms with Crippen molar-refractivity contribution in [3.8, 4) is 0 Å². The quantitative estimate of drug-likeness (QED) is 0.759. The molecule has 1 aliphatic carbocycles. The predicted octanol–water partition coefficient (Wildman–Crippen LogP) is 0.339. The molecule has 0 aromatic heterocycles. The maximum absolute atomic E-state index is 5.89. The lowest BCUT2D eigenvalue weighted by Gasteiger charge is -2.40. The molecule has 1 aliphatic heterocycles. The Morgan fingerprint density at radius 2 is 1.94 bits per heavy atom. The van der Waals surface area contributed by atoms with Gasteiger partial charge in [-0.15, -0.1) is 0 Å². The Labute approximate surface area is 112 Å². The van der Waals surface area contributed by atoms with Gasteiger partial charge in [-0.05, 0) is 39.4 Å². The fraction of sp³-hybridized carbons (Fsp3) is 1.00. The number of hydrogen-bond donors (Lipinski definition) is 2. The molecule has 18 heavy (non-hydrogen) atoms. The highest BCUT2D eigenvalue weighted by atomic mass is 15.3. The highest BCUT2D eigenvalue weighted by Gasteiger charge is 2.26.